The highest BCUT2D eigenvalue weighted by molar-refractivity contribution is 5.75. The molecule has 2 atom stereocenters. The van der Waals surface area contributed by atoms with Gasteiger partial charge in [-0.1, -0.05) is 25.7 Å². The summed E-state index contributed by atoms with van der Waals surface area (Å²) in [4.78, 5) is 27.6. The Labute approximate surface area is 177 Å². The predicted octanol–water partition coefficient (Wildman–Crippen LogP) is 2.57. The number of piperidine rings is 1. The molecule has 1 aliphatic rings. The van der Waals surface area contributed by atoms with Crippen LogP contribution in [0.1, 0.15) is 70.6 Å². The van der Waals surface area contributed by atoms with Gasteiger partial charge in [-0.25, -0.2) is 0 Å². The summed E-state index contributed by atoms with van der Waals surface area (Å²) in [6.07, 6.45) is 10.6. The van der Waals surface area contributed by atoms with E-state index in [9.17, 15) is 9.59 Å². The van der Waals surface area contributed by atoms with Crippen molar-refractivity contribution in [2.24, 2.45) is 5.73 Å². The van der Waals surface area contributed by atoms with Crippen LogP contribution in [0.25, 0.3) is 0 Å². The van der Waals surface area contributed by atoms with Crippen LogP contribution in [0, 0.1) is 0 Å². The Balaban J connectivity index is 1.98. The highest BCUT2D eigenvalue weighted by Crippen LogP contribution is 2.13. The van der Waals surface area contributed by atoms with Crippen molar-refractivity contribution in [3.05, 3.63) is 0 Å². The number of methoxy groups -OCH3 is 2. The first-order valence-corrected chi connectivity index (χ1v) is 11.3. The number of rotatable bonds is 15. The van der Waals surface area contributed by atoms with Gasteiger partial charge in [0.15, 0.2) is 0 Å². The van der Waals surface area contributed by atoms with Crippen LogP contribution in [0.5, 0.6) is 0 Å². The lowest BCUT2D eigenvalue weighted by Crippen LogP contribution is -2.51. The quantitative estimate of drug-likeness (QED) is 0.328. The summed E-state index contributed by atoms with van der Waals surface area (Å²) in [5.41, 5.74) is 6.06. The molecule has 29 heavy (non-hydrogen) atoms. The van der Waals surface area contributed by atoms with Crippen molar-refractivity contribution in [3.63, 3.8) is 0 Å². The minimum atomic E-state index is -0.130. The molecule has 0 aromatic carbocycles. The molecule has 0 aromatic heterocycles. The maximum atomic E-state index is 12.2. The molecule has 7 nitrogen and oxygen atoms in total. The topological polar surface area (TPSA) is 85.1 Å². The fourth-order valence-corrected chi connectivity index (χ4v) is 3.81. The van der Waals surface area contributed by atoms with Crippen LogP contribution in [0.4, 0.5) is 0 Å². The number of esters is 1. The first kappa shape index (κ1) is 25.9. The van der Waals surface area contributed by atoms with Crippen LogP contribution in [0.15, 0.2) is 0 Å². The van der Waals surface area contributed by atoms with E-state index in [1.54, 1.807) is 7.11 Å². The third-order valence-electron chi connectivity index (χ3n) is 5.89. The minimum Gasteiger partial charge on any atom is -0.469 e. The molecule has 170 valence electrons. The molecule has 0 saturated carbocycles. The van der Waals surface area contributed by atoms with Crippen molar-refractivity contribution < 1.29 is 19.1 Å². The van der Waals surface area contributed by atoms with Gasteiger partial charge < -0.3 is 25.0 Å². The average Bonchev–Trinajstić information content (AvgIpc) is 2.73. The molecule has 1 aliphatic heterocycles. The number of unbranched alkanes of at least 4 members (excludes halogenated alkanes) is 6. The second-order valence-electron chi connectivity index (χ2n) is 8.25. The standard InChI is InChI=1S/C22H43N3O4/c1-24(15-10-6-4-5-9-13-22(27)29-3)21(26)12-8-7-11-16-25-17-14-19(23)20(18-25)28-2/h19-20H,4-18,23H2,1-3H3/t19-,20+/m1/s1. The Morgan fingerprint density at radius 1 is 1.00 bits per heavy atom. The largest absolute Gasteiger partial charge is 0.469 e. The zero-order chi connectivity index (χ0) is 21.5. The number of amides is 1. The fraction of sp³-hybridized carbons (Fsp3) is 0.909. The molecular formula is C22H43N3O4. The lowest BCUT2D eigenvalue weighted by Gasteiger charge is -2.36. The maximum Gasteiger partial charge on any atom is 0.305 e. The molecular weight excluding hydrogens is 370 g/mol. The van der Waals surface area contributed by atoms with Crippen molar-refractivity contribution >= 4 is 11.9 Å². The molecule has 1 heterocycles. The van der Waals surface area contributed by atoms with Crippen LogP contribution in [-0.4, -0.2) is 81.3 Å². The van der Waals surface area contributed by atoms with Gasteiger partial charge in [-0.2, -0.15) is 0 Å². The summed E-state index contributed by atoms with van der Waals surface area (Å²) in [6.45, 7) is 3.85. The number of hydrogen-bond donors (Lipinski definition) is 1. The fourth-order valence-electron chi connectivity index (χ4n) is 3.81. The van der Waals surface area contributed by atoms with Crippen LogP contribution in [0.3, 0.4) is 0 Å². The van der Waals surface area contributed by atoms with E-state index in [0.29, 0.717) is 12.8 Å². The summed E-state index contributed by atoms with van der Waals surface area (Å²) < 4.78 is 10.1. The molecule has 2 N–H and O–H groups in total. The zero-order valence-electron chi connectivity index (χ0n) is 18.9. The Morgan fingerprint density at radius 2 is 1.66 bits per heavy atom. The molecule has 0 spiro atoms. The third kappa shape index (κ3) is 11.6. The van der Waals surface area contributed by atoms with Crippen LogP contribution < -0.4 is 5.73 Å². The van der Waals surface area contributed by atoms with Crippen molar-refractivity contribution in [3.8, 4) is 0 Å². The van der Waals surface area contributed by atoms with Crippen molar-refractivity contribution in [2.45, 2.75) is 82.8 Å². The molecule has 1 fully saturated rings. The second kappa shape index (κ2) is 15.6. The van der Waals surface area contributed by atoms with Gasteiger partial charge in [-0.15, -0.1) is 0 Å². The van der Waals surface area contributed by atoms with Gasteiger partial charge in [0.05, 0.1) is 13.2 Å². The average molecular weight is 414 g/mol. The lowest BCUT2D eigenvalue weighted by atomic mass is 10.0. The normalized spacial score (nSPS) is 19.9. The van der Waals surface area contributed by atoms with Gasteiger partial charge in [0, 0.05) is 46.1 Å². The number of nitrogens with zero attached hydrogens (tertiary/aromatic N) is 2. The predicted molar refractivity (Wildman–Crippen MR) is 116 cm³/mol. The molecule has 1 saturated heterocycles. The van der Waals surface area contributed by atoms with Crippen molar-refractivity contribution in [1.82, 2.24) is 9.80 Å². The Kier molecular flexibility index (Phi) is 13.9. The van der Waals surface area contributed by atoms with Gasteiger partial charge in [0.25, 0.3) is 0 Å². The van der Waals surface area contributed by atoms with Gasteiger partial charge in [-0.05, 0) is 45.2 Å². The van der Waals surface area contributed by atoms with Gasteiger partial charge in [0.1, 0.15) is 0 Å². The maximum absolute atomic E-state index is 12.2. The molecule has 0 aromatic rings. The molecule has 1 amide bonds. The molecule has 1 rings (SSSR count). The monoisotopic (exact) mass is 413 g/mol. The summed E-state index contributed by atoms with van der Waals surface area (Å²) in [7, 11) is 5.07. The number of nitrogens with two attached hydrogens (primary N) is 1. The number of carbonyl (C=O) groups excluding carboxylic acids is 2. The van der Waals surface area contributed by atoms with E-state index in [-0.39, 0.29) is 24.0 Å². The molecule has 0 aliphatic carbocycles. The van der Waals surface area contributed by atoms with E-state index in [0.717, 1.165) is 84.0 Å². The Bertz CT molecular complexity index is 461. The van der Waals surface area contributed by atoms with E-state index in [1.165, 1.54) is 7.11 Å². The summed E-state index contributed by atoms with van der Waals surface area (Å²) in [5.74, 6) is 0.119. The number of ether oxygens (including phenoxy) is 2. The van der Waals surface area contributed by atoms with Crippen LogP contribution in [-0.2, 0) is 19.1 Å². The Morgan fingerprint density at radius 3 is 2.38 bits per heavy atom. The SMILES string of the molecule is COC(=O)CCCCCCCN(C)C(=O)CCCCCN1CC[C@@H](N)[C@@H](OC)C1. The minimum absolute atomic E-state index is 0.130. The van der Waals surface area contributed by atoms with Gasteiger partial charge in [0.2, 0.25) is 5.91 Å². The van der Waals surface area contributed by atoms with Crippen molar-refractivity contribution in [1.29, 1.82) is 0 Å². The summed E-state index contributed by atoms with van der Waals surface area (Å²) >= 11 is 0. The van der Waals surface area contributed by atoms with E-state index in [1.807, 2.05) is 11.9 Å². The molecule has 7 heteroatoms. The second-order valence-corrected chi connectivity index (χ2v) is 8.25. The van der Waals surface area contributed by atoms with E-state index in [4.69, 9.17) is 10.5 Å². The third-order valence-corrected chi connectivity index (χ3v) is 5.89. The van der Waals surface area contributed by atoms with Gasteiger partial charge >= 0.3 is 5.97 Å². The number of hydrogen-bond acceptors (Lipinski definition) is 6. The number of carbonyl (C=O) groups is 2. The highest BCUT2D eigenvalue weighted by atomic mass is 16.5. The molecule has 0 bridgehead atoms. The zero-order valence-corrected chi connectivity index (χ0v) is 18.9. The van der Waals surface area contributed by atoms with Crippen LogP contribution >= 0.6 is 0 Å². The Hall–Kier alpha value is -1.18. The molecule has 0 unspecified atom stereocenters. The van der Waals surface area contributed by atoms with E-state index in [2.05, 4.69) is 9.64 Å². The molecule has 0 radical (unpaired) electrons. The lowest BCUT2D eigenvalue weighted by molar-refractivity contribution is -0.140. The van der Waals surface area contributed by atoms with Crippen molar-refractivity contribution in [2.75, 3.05) is 47.4 Å². The van der Waals surface area contributed by atoms with E-state index < -0.39 is 0 Å². The summed E-state index contributed by atoms with van der Waals surface area (Å²) in [6, 6.07) is 0.157. The smallest absolute Gasteiger partial charge is 0.305 e. The highest BCUT2D eigenvalue weighted by Gasteiger charge is 2.25. The van der Waals surface area contributed by atoms with E-state index >= 15 is 0 Å². The van der Waals surface area contributed by atoms with Gasteiger partial charge in [-0.3, -0.25) is 9.59 Å². The first-order valence-electron chi connectivity index (χ1n) is 11.3. The van der Waals surface area contributed by atoms with Crippen LogP contribution in [0.2, 0.25) is 0 Å². The summed E-state index contributed by atoms with van der Waals surface area (Å²) in [5, 5.41) is 0. The first-order chi connectivity index (χ1) is 14.0. The number of likely N-dealkylation sites (tertiary alicyclic amines) is 1.